The zero-order valence-electron chi connectivity index (χ0n) is 15.5. The molecule has 29 heavy (non-hydrogen) atoms. The lowest BCUT2D eigenvalue weighted by molar-refractivity contribution is 0.251. The van der Waals surface area contributed by atoms with Crippen LogP contribution in [0.3, 0.4) is 0 Å². The molecule has 0 aliphatic heterocycles. The van der Waals surface area contributed by atoms with Gasteiger partial charge in [0.25, 0.3) is 10.0 Å². The van der Waals surface area contributed by atoms with Crippen molar-refractivity contribution < 1.29 is 13.2 Å². The minimum atomic E-state index is -3.81. The summed E-state index contributed by atoms with van der Waals surface area (Å²) in [5, 5.41) is 5.66. The Morgan fingerprint density at radius 2 is 1.86 bits per heavy atom. The number of hydrogen-bond donors (Lipinski definition) is 3. The molecule has 0 unspecified atom stereocenters. The molecule has 3 N–H and O–H groups in total. The molecule has 3 rings (SSSR count). The number of benzene rings is 2. The van der Waals surface area contributed by atoms with Gasteiger partial charge in [0, 0.05) is 24.6 Å². The minimum absolute atomic E-state index is 0.0522. The number of nitrogens with zero attached hydrogens (tertiary/aromatic N) is 1. The summed E-state index contributed by atoms with van der Waals surface area (Å²) in [6, 6.07) is 14.1. The number of carbonyl (C=O) groups excluding carboxylic acids is 1. The lowest BCUT2D eigenvalue weighted by Gasteiger charge is -2.11. The van der Waals surface area contributed by atoms with Crippen LogP contribution in [-0.2, 0) is 16.6 Å². The molecule has 0 aliphatic rings. The van der Waals surface area contributed by atoms with Crippen LogP contribution in [0, 0.1) is 6.92 Å². The Morgan fingerprint density at radius 1 is 1.10 bits per heavy atom. The van der Waals surface area contributed by atoms with Crippen LogP contribution < -0.4 is 15.4 Å². The molecule has 0 aliphatic carbocycles. The van der Waals surface area contributed by atoms with Gasteiger partial charge in [-0.05, 0) is 60.5 Å². The smallest absolute Gasteiger partial charge is 0.319 e. The van der Waals surface area contributed by atoms with Crippen molar-refractivity contribution in [2.24, 2.45) is 0 Å². The van der Waals surface area contributed by atoms with E-state index < -0.39 is 16.1 Å². The van der Waals surface area contributed by atoms with Gasteiger partial charge in [-0.3, -0.25) is 9.71 Å². The van der Waals surface area contributed by atoms with Gasteiger partial charge in [0.2, 0.25) is 0 Å². The number of hydrogen-bond acceptors (Lipinski definition) is 4. The number of aromatic nitrogens is 1. The third-order valence-corrected chi connectivity index (χ3v) is 5.68. The molecule has 0 spiro atoms. The summed E-state index contributed by atoms with van der Waals surface area (Å²) in [6.45, 7) is 2.17. The third kappa shape index (κ3) is 5.69. The SMILES string of the molecule is Cc1ccc(Cl)c(NS(=O)(=O)c2ccc(NC(=O)NCc3cccnc3)cc2)c1. The van der Waals surface area contributed by atoms with E-state index in [1.54, 1.807) is 36.7 Å². The highest BCUT2D eigenvalue weighted by atomic mass is 35.5. The lowest BCUT2D eigenvalue weighted by Crippen LogP contribution is -2.28. The van der Waals surface area contributed by atoms with E-state index in [1.807, 2.05) is 13.0 Å². The molecule has 7 nitrogen and oxygen atoms in total. The molecular weight excluding hydrogens is 412 g/mol. The number of aryl methyl sites for hydroxylation is 1. The van der Waals surface area contributed by atoms with E-state index in [-0.39, 0.29) is 4.90 Å². The number of urea groups is 1. The van der Waals surface area contributed by atoms with Crippen LogP contribution in [0.2, 0.25) is 5.02 Å². The van der Waals surface area contributed by atoms with Crippen LogP contribution >= 0.6 is 11.6 Å². The van der Waals surface area contributed by atoms with E-state index in [1.165, 1.54) is 24.3 Å². The van der Waals surface area contributed by atoms with Crippen LogP contribution in [-0.4, -0.2) is 19.4 Å². The van der Waals surface area contributed by atoms with Gasteiger partial charge in [-0.25, -0.2) is 13.2 Å². The first kappa shape index (κ1) is 20.6. The summed E-state index contributed by atoms with van der Waals surface area (Å²) in [7, 11) is -3.81. The maximum absolute atomic E-state index is 12.6. The predicted molar refractivity (Wildman–Crippen MR) is 114 cm³/mol. The van der Waals surface area contributed by atoms with Crippen LogP contribution in [0.15, 0.2) is 71.9 Å². The summed E-state index contributed by atoms with van der Waals surface area (Å²) < 4.78 is 27.6. The van der Waals surface area contributed by atoms with Crippen LogP contribution in [0.4, 0.5) is 16.2 Å². The molecule has 9 heteroatoms. The summed E-state index contributed by atoms with van der Waals surface area (Å²) >= 11 is 6.06. The Balaban J connectivity index is 1.63. The van der Waals surface area contributed by atoms with Gasteiger partial charge in [0.15, 0.2) is 0 Å². The molecule has 2 aromatic carbocycles. The lowest BCUT2D eigenvalue weighted by atomic mass is 10.2. The molecule has 0 saturated heterocycles. The largest absolute Gasteiger partial charge is 0.334 e. The quantitative estimate of drug-likeness (QED) is 0.546. The maximum atomic E-state index is 12.6. The molecule has 0 atom stereocenters. The van der Waals surface area contributed by atoms with E-state index in [0.29, 0.717) is 22.9 Å². The van der Waals surface area contributed by atoms with E-state index >= 15 is 0 Å². The molecule has 0 radical (unpaired) electrons. The fraction of sp³-hybridized carbons (Fsp3) is 0.100. The molecule has 1 aromatic heterocycles. The van der Waals surface area contributed by atoms with Crippen LogP contribution in [0.5, 0.6) is 0 Å². The van der Waals surface area contributed by atoms with Gasteiger partial charge >= 0.3 is 6.03 Å². The summed E-state index contributed by atoms with van der Waals surface area (Å²) in [6.07, 6.45) is 3.31. The first-order chi connectivity index (χ1) is 13.8. The minimum Gasteiger partial charge on any atom is -0.334 e. The molecule has 0 bridgehead atoms. The fourth-order valence-electron chi connectivity index (χ4n) is 2.50. The first-order valence-corrected chi connectivity index (χ1v) is 10.5. The average molecular weight is 431 g/mol. The van der Waals surface area contributed by atoms with E-state index in [9.17, 15) is 13.2 Å². The van der Waals surface area contributed by atoms with Crippen molar-refractivity contribution in [3.05, 3.63) is 83.1 Å². The Bertz CT molecular complexity index is 1100. The van der Waals surface area contributed by atoms with Crippen LogP contribution in [0.25, 0.3) is 0 Å². The summed E-state index contributed by atoms with van der Waals surface area (Å²) in [5.41, 5.74) is 2.51. The van der Waals surface area contributed by atoms with Gasteiger partial charge in [-0.2, -0.15) is 0 Å². The van der Waals surface area contributed by atoms with Crippen molar-refractivity contribution in [1.29, 1.82) is 0 Å². The first-order valence-electron chi connectivity index (χ1n) is 8.66. The highest BCUT2D eigenvalue weighted by Gasteiger charge is 2.16. The van der Waals surface area contributed by atoms with Gasteiger partial charge in [-0.1, -0.05) is 23.7 Å². The van der Waals surface area contributed by atoms with Crippen molar-refractivity contribution in [2.75, 3.05) is 10.0 Å². The molecule has 0 saturated carbocycles. The summed E-state index contributed by atoms with van der Waals surface area (Å²) in [4.78, 5) is 16.0. The van der Waals surface area contributed by atoms with Crippen molar-refractivity contribution in [3.8, 4) is 0 Å². The Kier molecular flexibility index (Phi) is 6.36. The van der Waals surface area contributed by atoms with Crippen molar-refractivity contribution in [1.82, 2.24) is 10.3 Å². The monoisotopic (exact) mass is 430 g/mol. The Labute approximate surface area is 174 Å². The van der Waals surface area contributed by atoms with E-state index in [4.69, 9.17) is 11.6 Å². The van der Waals surface area contributed by atoms with Gasteiger partial charge < -0.3 is 10.6 Å². The summed E-state index contributed by atoms with van der Waals surface area (Å²) in [5.74, 6) is 0. The molecule has 2 amide bonds. The fourth-order valence-corrected chi connectivity index (χ4v) is 3.79. The van der Waals surface area contributed by atoms with E-state index in [0.717, 1.165) is 11.1 Å². The normalized spacial score (nSPS) is 11.0. The van der Waals surface area contributed by atoms with Gasteiger partial charge in [0.05, 0.1) is 15.6 Å². The Morgan fingerprint density at radius 3 is 2.55 bits per heavy atom. The number of rotatable bonds is 6. The topological polar surface area (TPSA) is 100 Å². The third-order valence-electron chi connectivity index (χ3n) is 3.96. The standard InChI is InChI=1S/C20H19ClN4O3S/c1-14-4-9-18(21)19(11-14)25-29(27,28)17-7-5-16(6-8-17)24-20(26)23-13-15-3-2-10-22-12-15/h2-12,25H,13H2,1H3,(H2,23,24,26). The van der Waals surface area contributed by atoms with Crippen LogP contribution in [0.1, 0.15) is 11.1 Å². The second kappa shape index (κ2) is 8.93. The Hall–Kier alpha value is -3.10. The zero-order chi connectivity index (χ0) is 20.9. The maximum Gasteiger partial charge on any atom is 0.319 e. The second-order valence-electron chi connectivity index (χ2n) is 6.28. The number of nitrogens with one attached hydrogen (secondary N) is 3. The zero-order valence-corrected chi connectivity index (χ0v) is 17.1. The predicted octanol–water partition coefficient (Wildman–Crippen LogP) is 4.17. The molecule has 150 valence electrons. The number of amides is 2. The number of sulfonamides is 1. The highest BCUT2D eigenvalue weighted by Crippen LogP contribution is 2.26. The molecule has 1 heterocycles. The number of pyridine rings is 1. The second-order valence-corrected chi connectivity index (χ2v) is 8.37. The van der Waals surface area contributed by atoms with E-state index in [2.05, 4.69) is 20.3 Å². The highest BCUT2D eigenvalue weighted by molar-refractivity contribution is 7.92. The van der Waals surface area contributed by atoms with Crippen molar-refractivity contribution >= 4 is 39.0 Å². The van der Waals surface area contributed by atoms with Crippen molar-refractivity contribution in [2.45, 2.75) is 18.4 Å². The van der Waals surface area contributed by atoms with Gasteiger partial charge in [-0.15, -0.1) is 0 Å². The number of halogens is 1. The number of carbonyl (C=O) groups is 1. The average Bonchev–Trinajstić information content (AvgIpc) is 2.70. The molecular formula is C20H19ClN4O3S. The molecule has 3 aromatic rings. The van der Waals surface area contributed by atoms with Gasteiger partial charge in [0.1, 0.15) is 0 Å². The molecule has 0 fully saturated rings. The van der Waals surface area contributed by atoms with Crippen molar-refractivity contribution in [3.63, 3.8) is 0 Å². The number of anilines is 2.